The Kier molecular flexibility index (Phi) is 4.31. The Hall–Kier alpha value is -2.20. The Morgan fingerprint density at radius 1 is 1.19 bits per heavy atom. The average Bonchev–Trinajstić information content (AvgIpc) is 3.13. The van der Waals surface area contributed by atoms with E-state index in [0.717, 1.165) is 0 Å². The zero-order valence-corrected chi connectivity index (χ0v) is 14.6. The van der Waals surface area contributed by atoms with Gasteiger partial charge in [-0.3, -0.25) is 0 Å². The predicted molar refractivity (Wildman–Crippen MR) is 89.0 cm³/mol. The van der Waals surface area contributed by atoms with E-state index in [4.69, 9.17) is 9.15 Å². The predicted octanol–water partition coefficient (Wildman–Crippen LogP) is 1.58. The Morgan fingerprint density at radius 2 is 1.96 bits per heavy atom. The summed E-state index contributed by atoms with van der Waals surface area (Å²) in [4.78, 5) is 6.08. The van der Waals surface area contributed by atoms with Crippen LogP contribution in [-0.2, 0) is 21.1 Å². The van der Waals surface area contributed by atoms with Crippen molar-refractivity contribution in [3.05, 3.63) is 35.9 Å². The van der Waals surface area contributed by atoms with Gasteiger partial charge in [-0.15, -0.1) is 0 Å². The van der Waals surface area contributed by atoms with Crippen molar-refractivity contribution in [2.24, 2.45) is 0 Å². The summed E-state index contributed by atoms with van der Waals surface area (Å²) in [5.74, 6) is -2.07. The molecule has 4 heterocycles. The second kappa shape index (κ2) is 6.51. The van der Waals surface area contributed by atoms with E-state index in [-0.39, 0.29) is 30.3 Å². The highest BCUT2D eigenvalue weighted by atomic mass is 32.2. The molecular weight excluding hydrogens is 368 g/mol. The van der Waals surface area contributed by atoms with E-state index in [1.54, 1.807) is 12.1 Å². The minimum absolute atomic E-state index is 0.0327. The summed E-state index contributed by atoms with van der Waals surface area (Å²) >= 11 is 0. The number of furan rings is 1. The molecule has 0 radical (unpaired) electrons. The summed E-state index contributed by atoms with van der Waals surface area (Å²) in [7, 11) is -3.95. The van der Waals surface area contributed by atoms with E-state index < -0.39 is 26.5 Å². The first kappa shape index (κ1) is 17.2. The molecule has 1 fully saturated rings. The molecule has 0 unspecified atom stereocenters. The highest BCUT2D eigenvalue weighted by molar-refractivity contribution is 7.91. The van der Waals surface area contributed by atoms with Gasteiger partial charge in [-0.05, 0) is 12.1 Å². The zero-order valence-electron chi connectivity index (χ0n) is 13.8. The molecule has 0 spiro atoms. The highest BCUT2D eigenvalue weighted by Crippen LogP contribution is 2.38. The van der Waals surface area contributed by atoms with Gasteiger partial charge in [-0.2, -0.15) is 9.37 Å². The van der Waals surface area contributed by atoms with Crippen molar-refractivity contribution in [1.29, 1.82) is 0 Å². The fourth-order valence-electron chi connectivity index (χ4n) is 3.23. The van der Waals surface area contributed by atoms with Gasteiger partial charge in [0.2, 0.25) is 5.95 Å². The Morgan fingerprint density at radius 3 is 2.65 bits per heavy atom. The zero-order chi connectivity index (χ0) is 18.3. The molecule has 0 aliphatic carbocycles. The summed E-state index contributed by atoms with van der Waals surface area (Å²) in [5, 5.41) is 0. The van der Waals surface area contributed by atoms with Crippen LogP contribution in [0.25, 0.3) is 0 Å². The summed E-state index contributed by atoms with van der Waals surface area (Å²) in [6, 6.07) is 3.36. The Bertz CT molecular complexity index is 912. The number of halogens is 2. The van der Waals surface area contributed by atoms with Crippen molar-refractivity contribution >= 4 is 21.3 Å². The fraction of sp³-hybridized carbons (Fsp3) is 0.438. The van der Waals surface area contributed by atoms with Gasteiger partial charge in [0.25, 0.3) is 0 Å². The van der Waals surface area contributed by atoms with Crippen LogP contribution in [0.1, 0.15) is 5.76 Å². The maximum absolute atomic E-state index is 15.1. The van der Waals surface area contributed by atoms with Crippen LogP contribution in [0, 0.1) is 11.8 Å². The van der Waals surface area contributed by atoms with Crippen molar-refractivity contribution in [2.45, 2.75) is 11.4 Å². The number of fused-ring (bicyclic) bond motifs is 1. The maximum Gasteiger partial charge on any atom is 0.239 e. The molecule has 10 heteroatoms. The van der Waals surface area contributed by atoms with Gasteiger partial charge in [-0.1, -0.05) is 0 Å². The van der Waals surface area contributed by atoms with Crippen LogP contribution >= 0.6 is 0 Å². The first-order valence-corrected chi connectivity index (χ1v) is 9.84. The van der Waals surface area contributed by atoms with Crippen LogP contribution in [0.4, 0.5) is 20.3 Å². The largest absolute Gasteiger partial charge is 0.467 e. The lowest BCUT2D eigenvalue weighted by Crippen LogP contribution is -2.40. The maximum atomic E-state index is 15.1. The lowest BCUT2D eigenvalue weighted by molar-refractivity contribution is 0.122. The van der Waals surface area contributed by atoms with Gasteiger partial charge in [0, 0.05) is 19.6 Å². The standard InChI is InChI=1S/C16H17F2N3O4S/c17-12-14-13(15(18)19-16(12)20-3-7-24-8-4-20)21(5-9-26(14,22)23)10-11-2-1-6-25-11/h1-2,6H,3-5,7-10H2. The summed E-state index contributed by atoms with van der Waals surface area (Å²) in [6.07, 6.45) is 1.47. The van der Waals surface area contributed by atoms with Crippen molar-refractivity contribution in [1.82, 2.24) is 4.98 Å². The van der Waals surface area contributed by atoms with E-state index in [0.29, 0.717) is 32.1 Å². The monoisotopic (exact) mass is 385 g/mol. The number of anilines is 2. The van der Waals surface area contributed by atoms with Crippen LogP contribution < -0.4 is 9.80 Å². The molecule has 0 amide bonds. The average molecular weight is 385 g/mol. The third kappa shape index (κ3) is 2.92. The normalized spacial score (nSPS) is 19.5. The van der Waals surface area contributed by atoms with Crippen molar-refractivity contribution in [3.8, 4) is 0 Å². The lowest BCUT2D eigenvalue weighted by Gasteiger charge is -2.33. The van der Waals surface area contributed by atoms with E-state index in [1.165, 1.54) is 16.1 Å². The van der Waals surface area contributed by atoms with E-state index in [1.807, 2.05) is 0 Å². The van der Waals surface area contributed by atoms with Gasteiger partial charge in [0.05, 0.1) is 31.8 Å². The molecule has 0 bridgehead atoms. The number of hydrogen-bond donors (Lipinski definition) is 0. The van der Waals surface area contributed by atoms with Gasteiger partial charge >= 0.3 is 0 Å². The number of hydrogen-bond acceptors (Lipinski definition) is 7. The van der Waals surface area contributed by atoms with Crippen molar-refractivity contribution < 1.29 is 26.4 Å². The fourth-order valence-corrected chi connectivity index (χ4v) is 4.77. The molecule has 2 aliphatic heterocycles. The molecule has 0 N–H and O–H groups in total. The molecule has 4 rings (SSSR count). The molecule has 7 nitrogen and oxygen atoms in total. The third-order valence-electron chi connectivity index (χ3n) is 4.50. The molecule has 2 aromatic rings. The van der Waals surface area contributed by atoms with E-state index in [9.17, 15) is 12.8 Å². The summed E-state index contributed by atoms with van der Waals surface area (Å²) in [6.45, 7) is 1.49. The first-order valence-electron chi connectivity index (χ1n) is 8.19. The number of nitrogens with zero attached hydrogens (tertiary/aromatic N) is 3. The van der Waals surface area contributed by atoms with E-state index >= 15 is 4.39 Å². The molecule has 2 aromatic heterocycles. The molecule has 140 valence electrons. The van der Waals surface area contributed by atoms with Crippen LogP contribution in [0.5, 0.6) is 0 Å². The third-order valence-corrected chi connectivity index (χ3v) is 6.22. The molecular formula is C16H17F2N3O4S. The van der Waals surface area contributed by atoms with E-state index in [2.05, 4.69) is 4.98 Å². The minimum Gasteiger partial charge on any atom is -0.467 e. The Labute approximate surface area is 149 Å². The van der Waals surface area contributed by atoms with Gasteiger partial charge in [0.15, 0.2) is 21.5 Å². The van der Waals surface area contributed by atoms with Crippen molar-refractivity contribution in [2.75, 3.05) is 48.4 Å². The van der Waals surface area contributed by atoms with Crippen LogP contribution in [0.3, 0.4) is 0 Å². The number of morpholine rings is 1. The molecule has 1 saturated heterocycles. The van der Waals surface area contributed by atoms with Crippen LogP contribution in [0.15, 0.2) is 27.7 Å². The molecule has 2 aliphatic rings. The second-order valence-electron chi connectivity index (χ2n) is 6.14. The number of sulfone groups is 1. The quantitative estimate of drug-likeness (QED) is 0.743. The minimum atomic E-state index is -3.95. The molecule has 0 aromatic carbocycles. The summed E-state index contributed by atoms with van der Waals surface area (Å²) < 4.78 is 65.4. The molecule has 26 heavy (non-hydrogen) atoms. The van der Waals surface area contributed by atoms with Gasteiger partial charge in [0.1, 0.15) is 16.3 Å². The smallest absolute Gasteiger partial charge is 0.239 e. The first-order chi connectivity index (χ1) is 12.5. The summed E-state index contributed by atoms with van der Waals surface area (Å²) in [5.41, 5.74) is -0.331. The number of pyridine rings is 1. The molecule has 0 atom stereocenters. The second-order valence-corrected chi connectivity index (χ2v) is 8.18. The lowest BCUT2D eigenvalue weighted by atomic mass is 10.2. The number of rotatable bonds is 3. The highest BCUT2D eigenvalue weighted by Gasteiger charge is 2.38. The topological polar surface area (TPSA) is 75.9 Å². The Balaban J connectivity index is 1.82. The number of ether oxygens (including phenoxy) is 1. The SMILES string of the molecule is O=S1(=O)CCN(Cc2ccco2)c2c(F)nc(N3CCOCC3)c(F)c21. The van der Waals surface area contributed by atoms with Gasteiger partial charge in [-0.25, -0.2) is 12.8 Å². The van der Waals surface area contributed by atoms with Crippen molar-refractivity contribution in [3.63, 3.8) is 0 Å². The van der Waals surface area contributed by atoms with Crippen LogP contribution in [-0.4, -0.2) is 52.0 Å². The number of aromatic nitrogens is 1. The van der Waals surface area contributed by atoms with Crippen LogP contribution in [0.2, 0.25) is 0 Å². The van der Waals surface area contributed by atoms with Gasteiger partial charge < -0.3 is 19.0 Å². The molecule has 0 saturated carbocycles.